The summed E-state index contributed by atoms with van der Waals surface area (Å²) in [5.74, 6) is -0.583. The first-order valence-electron chi connectivity index (χ1n) is 6.90. The summed E-state index contributed by atoms with van der Waals surface area (Å²) in [6.45, 7) is 3.55. The zero-order valence-electron chi connectivity index (χ0n) is 12.4. The van der Waals surface area contributed by atoms with Crippen LogP contribution in [-0.2, 0) is 4.79 Å². The summed E-state index contributed by atoms with van der Waals surface area (Å²) in [5.41, 5.74) is 2.16. The fourth-order valence-corrected chi connectivity index (χ4v) is 2.03. The SMILES string of the molecule is Cc1ccccc1NC(=O)C(C)NC(=O)c1ccc(Cl)cc1. The zero-order chi connectivity index (χ0) is 16.1. The van der Waals surface area contributed by atoms with Gasteiger partial charge in [-0.05, 0) is 49.7 Å². The molecule has 2 aromatic rings. The van der Waals surface area contributed by atoms with Crippen molar-refractivity contribution in [2.45, 2.75) is 19.9 Å². The quantitative estimate of drug-likeness (QED) is 0.908. The van der Waals surface area contributed by atoms with Gasteiger partial charge in [0.2, 0.25) is 5.91 Å². The standard InChI is InChI=1S/C17H17ClN2O2/c1-11-5-3-4-6-15(11)20-16(21)12(2)19-17(22)13-7-9-14(18)10-8-13/h3-10,12H,1-2H3,(H,19,22)(H,20,21). The Morgan fingerprint density at radius 1 is 1.05 bits per heavy atom. The van der Waals surface area contributed by atoms with Crippen LogP contribution in [0.2, 0.25) is 5.02 Å². The molecule has 5 heteroatoms. The summed E-state index contributed by atoms with van der Waals surface area (Å²) in [6.07, 6.45) is 0. The average Bonchev–Trinajstić information content (AvgIpc) is 2.50. The summed E-state index contributed by atoms with van der Waals surface area (Å²) < 4.78 is 0. The van der Waals surface area contributed by atoms with E-state index in [4.69, 9.17) is 11.6 Å². The number of carbonyl (C=O) groups excluding carboxylic acids is 2. The second-order valence-electron chi connectivity index (χ2n) is 5.01. The van der Waals surface area contributed by atoms with Crippen molar-refractivity contribution in [3.63, 3.8) is 0 Å². The van der Waals surface area contributed by atoms with Crippen molar-refractivity contribution in [2.24, 2.45) is 0 Å². The topological polar surface area (TPSA) is 58.2 Å². The van der Waals surface area contributed by atoms with Gasteiger partial charge in [0.1, 0.15) is 6.04 Å². The molecule has 0 bridgehead atoms. The molecule has 114 valence electrons. The minimum absolute atomic E-state index is 0.267. The number of halogens is 1. The highest BCUT2D eigenvalue weighted by Gasteiger charge is 2.17. The van der Waals surface area contributed by atoms with Crippen LogP contribution < -0.4 is 10.6 Å². The van der Waals surface area contributed by atoms with Gasteiger partial charge in [0, 0.05) is 16.3 Å². The minimum Gasteiger partial charge on any atom is -0.341 e. The first-order valence-corrected chi connectivity index (χ1v) is 7.28. The van der Waals surface area contributed by atoms with Gasteiger partial charge in [0.15, 0.2) is 0 Å². The molecule has 0 spiro atoms. The van der Waals surface area contributed by atoms with E-state index in [2.05, 4.69) is 10.6 Å². The molecule has 2 amide bonds. The molecule has 1 atom stereocenters. The molecule has 22 heavy (non-hydrogen) atoms. The summed E-state index contributed by atoms with van der Waals surface area (Å²) in [6, 6.07) is 13.3. The zero-order valence-corrected chi connectivity index (χ0v) is 13.1. The average molecular weight is 317 g/mol. The van der Waals surface area contributed by atoms with Crippen LogP contribution >= 0.6 is 11.6 Å². The van der Waals surface area contributed by atoms with Gasteiger partial charge in [-0.15, -0.1) is 0 Å². The van der Waals surface area contributed by atoms with E-state index in [9.17, 15) is 9.59 Å². The molecule has 0 aromatic heterocycles. The van der Waals surface area contributed by atoms with Crippen LogP contribution in [0.3, 0.4) is 0 Å². The molecule has 0 aliphatic carbocycles. The van der Waals surface area contributed by atoms with Crippen LogP contribution in [0.5, 0.6) is 0 Å². The maximum atomic E-state index is 12.1. The van der Waals surface area contributed by atoms with E-state index in [1.807, 2.05) is 31.2 Å². The molecule has 0 saturated heterocycles. The fraction of sp³-hybridized carbons (Fsp3) is 0.176. The number of hydrogen-bond donors (Lipinski definition) is 2. The van der Waals surface area contributed by atoms with E-state index in [0.29, 0.717) is 10.6 Å². The van der Waals surface area contributed by atoms with Crippen molar-refractivity contribution in [2.75, 3.05) is 5.32 Å². The third-order valence-electron chi connectivity index (χ3n) is 3.25. The van der Waals surface area contributed by atoms with Crippen LogP contribution in [0, 0.1) is 6.92 Å². The highest BCUT2D eigenvalue weighted by molar-refractivity contribution is 6.30. The minimum atomic E-state index is -0.650. The fourth-order valence-electron chi connectivity index (χ4n) is 1.90. The summed E-state index contributed by atoms with van der Waals surface area (Å²) in [5, 5.41) is 6.02. The van der Waals surface area contributed by atoms with E-state index < -0.39 is 6.04 Å². The molecule has 0 heterocycles. The lowest BCUT2D eigenvalue weighted by Gasteiger charge is -2.15. The number of benzene rings is 2. The molecule has 0 fully saturated rings. The third kappa shape index (κ3) is 4.09. The van der Waals surface area contributed by atoms with Gasteiger partial charge >= 0.3 is 0 Å². The van der Waals surface area contributed by atoms with E-state index in [1.54, 1.807) is 31.2 Å². The van der Waals surface area contributed by atoms with E-state index >= 15 is 0 Å². The summed E-state index contributed by atoms with van der Waals surface area (Å²) in [4.78, 5) is 24.2. The molecule has 0 radical (unpaired) electrons. The van der Waals surface area contributed by atoms with Gasteiger partial charge in [-0.25, -0.2) is 0 Å². The van der Waals surface area contributed by atoms with Crippen LogP contribution in [-0.4, -0.2) is 17.9 Å². The first-order chi connectivity index (χ1) is 10.5. The predicted octanol–water partition coefficient (Wildman–Crippen LogP) is 3.41. The molecule has 1 unspecified atom stereocenters. The number of anilines is 1. The largest absolute Gasteiger partial charge is 0.341 e. The van der Waals surface area contributed by atoms with E-state index in [0.717, 1.165) is 11.3 Å². The Balaban J connectivity index is 1.98. The molecule has 0 aliphatic heterocycles. The number of nitrogens with one attached hydrogen (secondary N) is 2. The van der Waals surface area contributed by atoms with Crippen molar-refractivity contribution in [1.82, 2.24) is 5.32 Å². The van der Waals surface area contributed by atoms with Gasteiger partial charge in [-0.1, -0.05) is 29.8 Å². The number of para-hydroxylation sites is 1. The molecule has 0 saturated carbocycles. The van der Waals surface area contributed by atoms with Gasteiger partial charge in [-0.2, -0.15) is 0 Å². The van der Waals surface area contributed by atoms with Crippen LogP contribution in [0.15, 0.2) is 48.5 Å². The molecular formula is C17H17ClN2O2. The second kappa shape index (κ2) is 7.09. The summed E-state index contributed by atoms with van der Waals surface area (Å²) in [7, 11) is 0. The van der Waals surface area contributed by atoms with Gasteiger partial charge < -0.3 is 10.6 Å². The first kappa shape index (κ1) is 16.0. The highest BCUT2D eigenvalue weighted by Crippen LogP contribution is 2.13. The van der Waals surface area contributed by atoms with Gasteiger partial charge in [0.25, 0.3) is 5.91 Å². The number of hydrogen-bond acceptors (Lipinski definition) is 2. The lowest BCUT2D eigenvalue weighted by Crippen LogP contribution is -2.41. The Hall–Kier alpha value is -2.33. The third-order valence-corrected chi connectivity index (χ3v) is 3.50. The molecule has 2 rings (SSSR count). The van der Waals surface area contributed by atoms with Crippen molar-refractivity contribution in [3.05, 3.63) is 64.7 Å². The van der Waals surface area contributed by atoms with E-state index in [1.165, 1.54) is 0 Å². The normalized spacial score (nSPS) is 11.6. The Labute approximate surface area is 134 Å². The number of amides is 2. The van der Waals surface area contributed by atoms with Crippen LogP contribution in [0.25, 0.3) is 0 Å². The Morgan fingerprint density at radius 3 is 2.32 bits per heavy atom. The lowest BCUT2D eigenvalue weighted by atomic mass is 10.1. The number of carbonyl (C=O) groups is 2. The van der Waals surface area contributed by atoms with Crippen LogP contribution in [0.1, 0.15) is 22.8 Å². The van der Waals surface area contributed by atoms with Crippen molar-refractivity contribution in [1.29, 1.82) is 0 Å². The lowest BCUT2D eigenvalue weighted by molar-refractivity contribution is -0.117. The predicted molar refractivity (Wildman–Crippen MR) is 88.2 cm³/mol. The molecular weight excluding hydrogens is 300 g/mol. The summed E-state index contributed by atoms with van der Waals surface area (Å²) >= 11 is 5.78. The van der Waals surface area contributed by atoms with Crippen molar-refractivity contribution >= 4 is 29.1 Å². The maximum Gasteiger partial charge on any atom is 0.251 e. The number of aryl methyl sites for hydroxylation is 1. The molecule has 2 aromatic carbocycles. The van der Waals surface area contributed by atoms with Crippen molar-refractivity contribution < 1.29 is 9.59 Å². The Morgan fingerprint density at radius 2 is 1.68 bits per heavy atom. The monoisotopic (exact) mass is 316 g/mol. The van der Waals surface area contributed by atoms with Gasteiger partial charge in [-0.3, -0.25) is 9.59 Å². The van der Waals surface area contributed by atoms with Gasteiger partial charge in [0.05, 0.1) is 0 Å². The molecule has 4 nitrogen and oxygen atoms in total. The highest BCUT2D eigenvalue weighted by atomic mass is 35.5. The Kier molecular flexibility index (Phi) is 5.17. The van der Waals surface area contributed by atoms with Crippen molar-refractivity contribution in [3.8, 4) is 0 Å². The van der Waals surface area contributed by atoms with E-state index in [-0.39, 0.29) is 11.8 Å². The van der Waals surface area contributed by atoms with Crippen LogP contribution in [0.4, 0.5) is 5.69 Å². The second-order valence-corrected chi connectivity index (χ2v) is 5.44. The maximum absolute atomic E-state index is 12.1. The molecule has 0 aliphatic rings. The number of rotatable bonds is 4. The smallest absolute Gasteiger partial charge is 0.251 e. The Bertz CT molecular complexity index is 683. The molecule has 2 N–H and O–H groups in total.